The van der Waals surface area contributed by atoms with Crippen LogP contribution in [0.25, 0.3) is 0 Å². The van der Waals surface area contributed by atoms with Crippen molar-refractivity contribution >= 4 is 42.1 Å². The number of halogens is 2. The standard InChI is InChI=1S/C12H21N3O2S.2ClH/c1-15(2)10(11-5-4-6-18-11)7-14-12(16)9(13)8-17-3;;/h4-6,9-10H,7-8,13H2,1-3H3,(H,14,16);2*1H. The second-order valence-corrected chi connectivity index (χ2v) is 5.28. The molecule has 0 saturated carbocycles. The van der Waals surface area contributed by atoms with Crippen molar-refractivity contribution in [3.8, 4) is 0 Å². The van der Waals surface area contributed by atoms with E-state index in [0.717, 1.165) is 0 Å². The maximum atomic E-state index is 11.7. The number of nitrogens with two attached hydrogens (primary N) is 1. The number of amides is 1. The molecule has 0 spiro atoms. The summed E-state index contributed by atoms with van der Waals surface area (Å²) in [5.74, 6) is -0.180. The highest BCUT2D eigenvalue weighted by molar-refractivity contribution is 7.10. The van der Waals surface area contributed by atoms with Gasteiger partial charge in [-0.25, -0.2) is 0 Å². The smallest absolute Gasteiger partial charge is 0.239 e. The summed E-state index contributed by atoms with van der Waals surface area (Å²) in [6.07, 6.45) is 0. The summed E-state index contributed by atoms with van der Waals surface area (Å²) in [6.45, 7) is 0.779. The Morgan fingerprint density at radius 1 is 1.50 bits per heavy atom. The lowest BCUT2D eigenvalue weighted by Crippen LogP contribution is -2.45. The fourth-order valence-corrected chi connectivity index (χ4v) is 2.52. The molecule has 1 aromatic heterocycles. The van der Waals surface area contributed by atoms with Gasteiger partial charge < -0.3 is 20.7 Å². The van der Waals surface area contributed by atoms with Crippen molar-refractivity contribution in [2.75, 3.05) is 34.4 Å². The predicted molar refractivity (Wildman–Crippen MR) is 88.1 cm³/mol. The number of nitrogens with one attached hydrogen (secondary N) is 1. The minimum atomic E-state index is -0.610. The van der Waals surface area contributed by atoms with E-state index in [2.05, 4.69) is 16.3 Å². The number of rotatable bonds is 7. The Balaban J connectivity index is 0. The Kier molecular flexibility index (Phi) is 12.4. The Morgan fingerprint density at radius 3 is 2.60 bits per heavy atom. The van der Waals surface area contributed by atoms with E-state index in [0.29, 0.717) is 6.54 Å². The van der Waals surface area contributed by atoms with Crippen LogP contribution in [0.2, 0.25) is 0 Å². The molecule has 1 heterocycles. The van der Waals surface area contributed by atoms with Gasteiger partial charge in [0.2, 0.25) is 5.91 Å². The molecule has 0 aromatic carbocycles. The molecular formula is C12H23Cl2N3O2S. The van der Waals surface area contributed by atoms with Crippen LogP contribution in [0, 0.1) is 0 Å². The SMILES string of the molecule is COCC(N)C(=O)NCC(c1cccs1)N(C)C.Cl.Cl. The lowest BCUT2D eigenvalue weighted by Gasteiger charge is -2.24. The average molecular weight is 344 g/mol. The molecule has 0 saturated heterocycles. The van der Waals surface area contributed by atoms with Crippen LogP contribution in [-0.2, 0) is 9.53 Å². The van der Waals surface area contributed by atoms with Crippen LogP contribution in [0.15, 0.2) is 17.5 Å². The number of ether oxygens (including phenoxy) is 1. The van der Waals surface area contributed by atoms with Gasteiger partial charge in [-0.15, -0.1) is 36.2 Å². The monoisotopic (exact) mass is 343 g/mol. The normalized spacial score (nSPS) is 13.1. The molecule has 5 nitrogen and oxygen atoms in total. The van der Waals surface area contributed by atoms with Crippen molar-refractivity contribution in [2.45, 2.75) is 12.1 Å². The molecule has 3 N–H and O–H groups in total. The van der Waals surface area contributed by atoms with Gasteiger partial charge in [-0.1, -0.05) is 6.07 Å². The van der Waals surface area contributed by atoms with Crippen LogP contribution < -0.4 is 11.1 Å². The van der Waals surface area contributed by atoms with Gasteiger partial charge in [-0.05, 0) is 25.5 Å². The second-order valence-electron chi connectivity index (χ2n) is 4.30. The largest absolute Gasteiger partial charge is 0.383 e. The molecule has 0 aliphatic rings. The molecule has 0 aliphatic heterocycles. The molecule has 0 bridgehead atoms. The molecule has 0 aliphatic carbocycles. The highest BCUT2D eigenvalue weighted by Crippen LogP contribution is 2.22. The summed E-state index contributed by atoms with van der Waals surface area (Å²) in [7, 11) is 5.51. The Hall–Kier alpha value is -0.370. The molecule has 1 rings (SSSR count). The maximum Gasteiger partial charge on any atom is 0.239 e. The zero-order chi connectivity index (χ0) is 13.5. The first-order valence-corrected chi connectivity index (χ1v) is 6.66. The quantitative estimate of drug-likeness (QED) is 0.782. The molecule has 0 fully saturated rings. The highest BCUT2D eigenvalue weighted by atomic mass is 35.5. The number of methoxy groups -OCH3 is 1. The zero-order valence-electron chi connectivity index (χ0n) is 11.9. The number of likely N-dealkylation sites (N-methyl/N-ethyl adjacent to an activating group) is 1. The molecule has 1 amide bonds. The van der Waals surface area contributed by atoms with Gasteiger partial charge in [-0.3, -0.25) is 4.79 Å². The van der Waals surface area contributed by atoms with Crippen LogP contribution >= 0.6 is 36.2 Å². The van der Waals surface area contributed by atoms with Crippen LogP contribution in [0.1, 0.15) is 10.9 Å². The van der Waals surface area contributed by atoms with Gasteiger partial charge in [-0.2, -0.15) is 0 Å². The van der Waals surface area contributed by atoms with Crippen molar-refractivity contribution < 1.29 is 9.53 Å². The second kappa shape index (κ2) is 11.3. The lowest BCUT2D eigenvalue weighted by atomic mass is 10.2. The molecular weight excluding hydrogens is 321 g/mol. The molecule has 2 atom stereocenters. The minimum Gasteiger partial charge on any atom is -0.383 e. The zero-order valence-corrected chi connectivity index (χ0v) is 14.3. The molecule has 118 valence electrons. The minimum absolute atomic E-state index is 0. The maximum absolute atomic E-state index is 11.7. The fourth-order valence-electron chi connectivity index (χ4n) is 1.60. The van der Waals surface area contributed by atoms with Crippen LogP contribution in [-0.4, -0.2) is 51.2 Å². The third-order valence-corrected chi connectivity index (χ3v) is 3.62. The number of thiophene rings is 1. The van der Waals surface area contributed by atoms with Gasteiger partial charge in [0.1, 0.15) is 6.04 Å². The summed E-state index contributed by atoms with van der Waals surface area (Å²) in [6, 6.07) is 3.63. The predicted octanol–water partition coefficient (Wildman–Crippen LogP) is 1.28. The molecule has 8 heteroatoms. The summed E-state index contributed by atoms with van der Waals surface area (Å²) in [5, 5.41) is 4.89. The number of carbonyl (C=O) groups excluding carboxylic acids is 1. The van der Waals surface area contributed by atoms with E-state index in [1.54, 1.807) is 11.3 Å². The van der Waals surface area contributed by atoms with Gasteiger partial charge >= 0.3 is 0 Å². The van der Waals surface area contributed by atoms with Crippen molar-refractivity contribution in [2.24, 2.45) is 5.73 Å². The first-order chi connectivity index (χ1) is 8.56. The topological polar surface area (TPSA) is 67.6 Å². The first kappa shape index (κ1) is 21.9. The van der Waals surface area contributed by atoms with Crippen LogP contribution in [0.4, 0.5) is 0 Å². The van der Waals surface area contributed by atoms with E-state index in [9.17, 15) is 4.79 Å². The van der Waals surface area contributed by atoms with E-state index in [-0.39, 0.29) is 43.4 Å². The number of carbonyl (C=O) groups is 1. The number of hydrogen-bond donors (Lipinski definition) is 2. The Labute approximate surface area is 136 Å². The summed E-state index contributed by atoms with van der Waals surface area (Å²) >= 11 is 1.68. The van der Waals surface area contributed by atoms with Gasteiger partial charge in [0.15, 0.2) is 0 Å². The Bertz CT molecular complexity index is 364. The third-order valence-electron chi connectivity index (χ3n) is 2.65. The highest BCUT2D eigenvalue weighted by Gasteiger charge is 2.18. The van der Waals surface area contributed by atoms with Crippen molar-refractivity contribution in [3.05, 3.63) is 22.4 Å². The Morgan fingerprint density at radius 2 is 2.15 bits per heavy atom. The van der Waals surface area contributed by atoms with E-state index in [1.807, 2.05) is 25.5 Å². The number of nitrogens with zero attached hydrogens (tertiary/aromatic N) is 1. The third kappa shape index (κ3) is 6.88. The van der Waals surface area contributed by atoms with Gasteiger partial charge in [0, 0.05) is 18.5 Å². The first-order valence-electron chi connectivity index (χ1n) is 5.78. The van der Waals surface area contributed by atoms with Crippen LogP contribution in [0.5, 0.6) is 0 Å². The van der Waals surface area contributed by atoms with Crippen molar-refractivity contribution in [1.82, 2.24) is 10.2 Å². The number of hydrogen-bond acceptors (Lipinski definition) is 5. The van der Waals surface area contributed by atoms with Gasteiger partial charge in [0.05, 0.1) is 12.6 Å². The molecule has 2 unspecified atom stereocenters. The van der Waals surface area contributed by atoms with E-state index < -0.39 is 6.04 Å². The molecule has 0 radical (unpaired) electrons. The van der Waals surface area contributed by atoms with E-state index in [4.69, 9.17) is 10.5 Å². The van der Waals surface area contributed by atoms with E-state index >= 15 is 0 Å². The summed E-state index contributed by atoms with van der Waals surface area (Å²) in [5.41, 5.74) is 5.66. The summed E-state index contributed by atoms with van der Waals surface area (Å²) < 4.78 is 4.86. The fraction of sp³-hybridized carbons (Fsp3) is 0.583. The summed E-state index contributed by atoms with van der Waals surface area (Å²) in [4.78, 5) is 15.0. The van der Waals surface area contributed by atoms with E-state index in [1.165, 1.54) is 12.0 Å². The van der Waals surface area contributed by atoms with Crippen molar-refractivity contribution in [1.29, 1.82) is 0 Å². The molecule has 1 aromatic rings. The molecule has 20 heavy (non-hydrogen) atoms. The van der Waals surface area contributed by atoms with Gasteiger partial charge in [0.25, 0.3) is 0 Å². The lowest BCUT2D eigenvalue weighted by molar-refractivity contribution is -0.123. The van der Waals surface area contributed by atoms with Crippen molar-refractivity contribution in [3.63, 3.8) is 0 Å². The van der Waals surface area contributed by atoms with Crippen LogP contribution in [0.3, 0.4) is 0 Å². The average Bonchev–Trinajstić information content (AvgIpc) is 2.82.